The van der Waals surface area contributed by atoms with Crippen LogP contribution in [0.4, 0.5) is 0 Å². The van der Waals surface area contributed by atoms with E-state index >= 15 is 0 Å². The molecule has 4 heteroatoms. The fourth-order valence-corrected chi connectivity index (χ4v) is 1.45. The fraction of sp³-hybridized carbons (Fsp3) is 0.875. The van der Waals surface area contributed by atoms with Crippen molar-refractivity contribution in [3.63, 3.8) is 0 Å². The van der Waals surface area contributed by atoms with E-state index in [2.05, 4.69) is 22.6 Å². The van der Waals surface area contributed by atoms with Crippen LogP contribution in [0.1, 0.15) is 6.92 Å². The van der Waals surface area contributed by atoms with Crippen LogP contribution in [0.2, 0.25) is 0 Å². The van der Waals surface area contributed by atoms with Gasteiger partial charge in [-0.1, -0.05) is 0 Å². The number of hydrogen-bond donors (Lipinski definition) is 2. The lowest BCUT2D eigenvalue weighted by molar-refractivity contribution is -0.122. The summed E-state index contributed by atoms with van der Waals surface area (Å²) in [7, 11) is 3.73. The number of nitrogens with zero attached hydrogens (tertiary/aromatic N) is 1. The molecule has 2 N–H and O–H groups in total. The molecule has 1 heterocycles. The van der Waals surface area contributed by atoms with Crippen LogP contribution in [0.5, 0.6) is 0 Å². The minimum Gasteiger partial charge on any atom is -0.358 e. The third-order valence-corrected chi connectivity index (χ3v) is 2.19. The van der Waals surface area contributed by atoms with Gasteiger partial charge in [-0.05, 0) is 14.0 Å². The van der Waals surface area contributed by atoms with Crippen LogP contribution >= 0.6 is 0 Å². The summed E-state index contributed by atoms with van der Waals surface area (Å²) in [5.74, 6) is 0.0598. The number of carbonyl (C=O) groups is 1. The van der Waals surface area contributed by atoms with E-state index < -0.39 is 0 Å². The monoisotopic (exact) mass is 171 g/mol. The molecular formula is C8H17N3O. The van der Waals surface area contributed by atoms with Gasteiger partial charge in [0.15, 0.2) is 0 Å². The van der Waals surface area contributed by atoms with Crippen LogP contribution in [0.25, 0.3) is 0 Å². The first-order chi connectivity index (χ1) is 5.63. The number of amides is 1. The minimum atomic E-state index is -0.0753. The molecule has 1 saturated heterocycles. The van der Waals surface area contributed by atoms with Gasteiger partial charge in [0.05, 0.1) is 6.04 Å². The van der Waals surface area contributed by atoms with E-state index in [-0.39, 0.29) is 11.9 Å². The van der Waals surface area contributed by atoms with Gasteiger partial charge >= 0.3 is 0 Å². The van der Waals surface area contributed by atoms with Crippen molar-refractivity contribution in [2.45, 2.75) is 19.0 Å². The highest BCUT2D eigenvalue weighted by Crippen LogP contribution is 2.04. The molecule has 70 valence electrons. The molecule has 1 aliphatic rings. The van der Waals surface area contributed by atoms with Gasteiger partial charge in [-0.15, -0.1) is 0 Å². The summed E-state index contributed by atoms with van der Waals surface area (Å²) < 4.78 is 0. The standard InChI is InChI=1S/C8H17N3O/c1-6(8(12)9-2)10-7-4-11(3)5-7/h6-7,10H,4-5H2,1-3H3,(H,9,12). The van der Waals surface area contributed by atoms with Crippen molar-refractivity contribution in [2.75, 3.05) is 27.2 Å². The molecule has 1 fully saturated rings. The van der Waals surface area contributed by atoms with E-state index in [0.717, 1.165) is 13.1 Å². The third kappa shape index (κ3) is 2.19. The molecule has 0 aromatic rings. The molecule has 4 nitrogen and oxygen atoms in total. The van der Waals surface area contributed by atoms with Crippen LogP contribution in [0.3, 0.4) is 0 Å². The predicted molar refractivity (Wildman–Crippen MR) is 47.9 cm³/mol. The normalized spacial score (nSPS) is 21.6. The van der Waals surface area contributed by atoms with Crippen molar-refractivity contribution in [2.24, 2.45) is 0 Å². The fourth-order valence-electron chi connectivity index (χ4n) is 1.45. The van der Waals surface area contributed by atoms with E-state index in [1.54, 1.807) is 7.05 Å². The molecule has 1 aliphatic heterocycles. The predicted octanol–water partition coefficient (Wildman–Crippen LogP) is -0.975. The Labute approximate surface area is 73.3 Å². The Morgan fingerprint density at radius 2 is 2.17 bits per heavy atom. The number of carbonyl (C=O) groups excluding carboxylic acids is 1. The van der Waals surface area contributed by atoms with Crippen molar-refractivity contribution < 1.29 is 4.79 Å². The summed E-state index contributed by atoms with van der Waals surface area (Å²) in [6, 6.07) is 0.413. The van der Waals surface area contributed by atoms with Crippen LogP contribution < -0.4 is 10.6 Å². The highest BCUT2D eigenvalue weighted by atomic mass is 16.2. The summed E-state index contributed by atoms with van der Waals surface area (Å²) in [4.78, 5) is 13.3. The molecule has 0 bridgehead atoms. The molecule has 0 aromatic carbocycles. The van der Waals surface area contributed by atoms with Gasteiger partial charge in [-0.2, -0.15) is 0 Å². The van der Waals surface area contributed by atoms with Crippen LogP contribution in [-0.4, -0.2) is 50.1 Å². The summed E-state index contributed by atoms with van der Waals surface area (Å²) in [6.07, 6.45) is 0. The maximum Gasteiger partial charge on any atom is 0.236 e. The largest absolute Gasteiger partial charge is 0.358 e. The lowest BCUT2D eigenvalue weighted by Gasteiger charge is -2.38. The maximum absolute atomic E-state index is 11.1. The zero-order valence-corrected chi connectivity index (χ0v) is 7.92. The zero-order chi connectivity index (χ0) is 9.14. The van der Waals surface area contributed by atoms with Crippen molar-refractivity contribution in [1.29, 1.82) is 0 Å². The van der Waals surface area contributed by atoms with Gasteiger partial charge in [0.2, 0.25) is 5.91 Å². The highest BCUT2D eigenvalue weighted by molar-refractivity contribution is 5.80. The maximum atomic E-state index is 11.1. The second-order valence-electron chi connectivity index (χ2n) is 3.42. The van der Waals surface area contributed by atoms with Gasteiger partial charge in [0.25, 0.3) is 0 Å². The van der Waals surface area contributed by atoms with E-state index in [9.17, 15) is 4.79 Å². The number of nitrogens with one attached hydrogen (secondary N) is 2. The summed E-state index contributed by atoms with van der Waals surface area (Å²) >= 11 is 0. The van der Waals surface area contributed by atoms with E-state index in [0.29, 0.717) is 6.04 Å². The van der Waals surface area contributed by atoms with Gasteiger partial charge in [-0.3, -0.25) is 4.79 Å². The molecule has 0 aromatic heterocycles. The summed E-state index contributed by atoms with van der Waals surface area (Å²) in [6.45, 7) is 3.97. The minimum absolute atomic E-state index is 0.0598. The number of likely N-dealkylation sites (N-methyl/N-ethyl adjacent to an activating group) is 2. The average molecular weight is 171 g/mol. The van der Waals surface area contributed by atoms with E-state index in [1.165, 1.54) is 0 Å². The van der Waals surface area contributed by atoms with E-state index in [1.807, 2.05) is 6.92 Å². The third-order valence-electron chi connectivity index (χ3n) is 2.19. The van der Waals surface area contributed by atoms with Crippen LogP contribution in [0.15, 0.2) is 0 Å². The van der Waals surface area contributed by atoms with Crippen LogP contribution in [-0.2, 0) is 4.79 Å². The Morgan fingerprint density at radius 1 is 1.58 bits per heavy atom. The van der Waals surface area contributed by atoms with Crippen LogP contribution in [0, 0.1) is 0 Å². The highest BCUT2D eigenvalue weighted by Gasteiger charge is 2.25. The molecular weight excluding hydrogens is 154 g/mol. The number of likely N-dealkylation sites (tertiary alicyclic amines) is 1. The quantitative estimate of drug-likeness (QED) is 0.574. The molecule has 1 atom stereocenters. The molecule has 0 radical (unpaired) electrons. The van der Waals surface area contributed by atoms with Gasteiger partial charge in [0, 0.05) is 26.2 Å². The van der Waals surface area contributed by atoms with Crippen molar-refractivity contribution in [1.82, 2.24) is 15.5 Å². The molecule has 12 heavy (non-hydrogen) atoms. The molecule has 0 saturated carbocycles. The molecule has 0 spiro atoms. The van der Waals surface area contributed by atoms with E-state index in [4.69, 9.17) is 0 Å². The summed E-state index contributed by atoms with van der Waals surface area (Å²) in [5.41, 5.74) is 0. The average Bonchev–Trinajstić information content (AvgIpc) is 2.00. The Kier molecular flexibility index (Phi) is 3.05. The lowest BCUT2D eigenvalue weighted by Crippen LogP contribution is -2.60. The Balaban J connectivity index is 2.18. The first-order valence-corrected chi connectivity index (χ1v) is 4.29. The van der Waals surface area contributed by atoms with Gasteiger partial charge < -0.3 is 15.5 Å². The number of rotatable bonds is 3. The lowest BCUT2D eigenvalue weighted by atomic mass is 10.1. The van der Waals surface area contributed by atoms with Crippen molar-refractivity contribution in [3.05, 3.63) is 0 Å². The summed E-state index contributed by atoms with van der Waals surface area (Å²) in [5, 5.41) is 5.86. The smallest absolute Gasteiger partial charge is 0.236 e. The number of hydrogen-bond acceptors (Lipinski definition) is 3. The molecule has 1 amide bonds. The Hall–Kier alpha value is -0.610. The Morgan fingerprint density at radius 3 is 2.58 bits per heavy atom. The molecule has 1 rings (SSSR count). The van der Waals surface area contributed by atoms with Crippen molar-refractivity contribution >= 4 is 5.91 Å². The SMILES string of the molecule is CNC(=O)C(C)NC1CN(C)C1. The Bertz CT molecular complexity index is 166. The zero-order valence-electron chi connectivity index (χ0n) is 7.92. The first-order valence-electron chi connectivity index (χ1n) is 4.29. The molecule has 0 aliphatic carbocycles. The molecule has 1 unspecified atom stereocenters. The first kappa shape index (κ1) is 9.48. The topological polar surface area (TPSA) is 44.4 Å². The second kappa shape index (κ2) is 3.87. The van der Waals surface area contributed by atoms with Gasteiger partial charge in [-0.25, -0.2) is 0 Å². The second-order valence-corrected chi connectivity index (χ2v) is 3.42. The van der Waals surface area contributed by atoms with Crippen molar-refractivity contribution in [3.8, 4) is 0 Å². The van der Waals surface area contributed by atoms with Gasteiger partial charge in [0.1, 0.15) is 0 Å².